The molecule has 0 saturated carbocycles. The van der Waals surface area contributed by atoms with E-state index < -0.39 is 10.8 Å². The Morgan fingerprint density at radius 1 is 1.56 bits per heavy atom. The average molecular weight is 308 g/mol. The first-order valence-corrected chi connectivity index (χ1v) is 7.31. The Hall–Kier alpha value is -0.260. The molecule has 1 rings (SSSR count). The summed E-state index contributed by atoms with van der Waals surface area (Å²) in [4.78, 5) is 0. The van der Waals surface area contributed by atoms with Crippen LogP contribution in [0.2, 0.25) is 0 Å². The van der Waals surface area contributed by atoms with Crippen molar-refractivity contribution in [2.45, 2.75) is 25.1 Å². The van der Waals surface area contributed by atoms with Gasteiger partial charge in [-0.2, -0.15) is 0 Å². The second kappa shape index (κ2) is 6.47. The van der Waals surface area contributed by atoms with Crippen molar-refractivity contribution < 1.29 is 8.60 Å². The van der Waals surface area contributed by atoms with Crippen LogP contribution in [0.1, 0.15) is 18.9 Å². The van der Waals surface area contributed by atoms with Gasteiger partial charge in [-0.05, 0) is 47.0 Å². The lowest BCUT2D eigenvalue weighted by Crippen LogP contribution is -2.18. The van der Waals surface area contributed by atoms with Gasteiger partial charge in [0.1, 0.15) is 5.82 Å². The Morgan fingerprint density at radius 2 is 2.25 bits per heavy atom. The monoisotopic (exact) mass is 307 g/mol. The van der Waals surface area contributed by atoms with Gasteiger partial charge in [0.05, 0.1) is 4.47 Å². The van der Waals surface area contributed by atoms with Crippen molar-refractivity contribution in [3.05, 3.63) is 34.1 Å². The molecule has 0 heterocycles. The molecule has 0 amide bonds. The van der Waals surface area contributed by atoms with Gasteiger partial charge in [0.2, 0.25) is 0 Å². The van der Waals surface area contributed by atoms with Crippen LogP contribution < -0.4 is 5.73 Å². The maximum atomic E-state index is 13.0. The zero-order chi connectivity index (χ0) is 12.1. The molecule has 0 spiro atoms. The van der Waals surface area contributed by atoms with E-state index >= 15 is 0 Å². The molecule has 0 bridgehead atoms. The Kier molecular flexibility index (Phi) is 5.58. The molecule has 0 fully saturated rings. The van der Waals surface area contributed by atoms with Crippen LogP contribution >= 0.6 is 15.9 Å². The number of rotatable bonds is 5. The second-order valence-electron chi connectivity index (χ2n) is 3.80. The Bertz CT molecular complexity index is 384. The molecule has 0 aromatic heterocycles. The van der Waals surface area contributed by atoms with Gasteiger partial charge in [0.15, 0.2) is 0 Å². The zero-order valence-electron chi connectivity index (χ0n) is 9.08. The lowest BCUT2D eigenvalue weighted by atomic mass is 10.2. The quantitative estimate of drug-likeness (QED) is 0.908. The normalized spacial score (nSPS) is 14.8. The highest BCUT2D eigenvalue weighted by molar-refractivity contribution is 9.10. The van der Waals surface area contributed by atoms with E-state index in [0.29, 0.717) is 16.0 Å². The molecule has 0 radical (unpaired) electrons. The summed E-state index contributed by atoms with van der Waals surface area (Å²) in [6.45, 7) is 1.89. The summed E-state index contributed by atoms with van der Waals surface area (Å²) in [6, 6.07) is 4.77. The summed E-state index contributed by atoms with van der Waals surface area (Å²) in [6.07, 6.45) is 0.745. The van der Waals surface area contributed by atoms with E-state index in [1.54, 1.807) is 12.1 Å². The van der Waals surface area contributed by atoms with E-state index in [1.807, 2.05) is 6.92 Å². The molecular formula is C11H15BrFNOS. The van der Waals surface area contributed by atoms with E-state index in [9.17, 15) is 8.60 Å². The minimum atomic E-state index is -0.930. The Morgan fingerprint density at radius 3 is 2.81 bits per heavy atom. The summed E-state index contributed by atoms with van der Waals surface area (Å²) >= 11 is 3.10. The van der Waals surface area contributed by atoms with E-state index in [0.717, 1.165) is 12.0 Å². The number of benzene rings is 1. The van der Waals surface area contributed by atoms with E-state index in [1.165, 1.54) is 6.07 Å². The molecule has 0 aliphatic carbocycles. The van der Waals surface area contributed by atoms with Gasteiger partial charge in [0.25, 0.3) is 0 Å². The molecule has 2 nitrogen and oxygen atoms in total. The predicted molar refractivity (Wildman–Crippen MR) is 69.1 cm³/mol. The average Bonchev–Trinajstić information content (AvgIpc) is 2.21. The SMILES string of the molecule is CC(N)CCS(=O)Cc1ccc(F)c(Br)c1. The summed E-state index contributed by atoms with van der Waals surface area (Å²) in [5, 5.41) is 0. The smallest absolute Gasteiger partial charge is 0.137 e. The van der Waals surface area contributed by atoms with E-state index in [4.69, 9.17) is 5.73 Å². The van der Waals surface area contributed by atoms with Crippen molar-refractivity contribution in [3.63, 3.8) is 0 Å². The lowest BCUT2D eigenvalue weighted by Gasteiger charge is -2.06. The third-order valence-electron chi connectivity index (χ3n) is 2.11. The van der Waals surface area contributed by atoms with Crippen LogP contribution in [-0.2, 0) is 16.6 Å². The molecule has 16 heavy (non-hydrogen) atoms. The van der Waals surface area contributed by atoms with Crippen LogP contribution in [0.4, 0.5) is 4.39 Å². The third kappa shape index (κ3) is 4.72. The van der Waals surface area contributed by atoms with Crippen molar-refractivity contribution in [2.24, 2.45) is 5.73 Å². The fourth-order valence-electron chi connectivity index (χ4n) is 1.20. The highest BCUT2D eigenvalue weighted by atomic mass is 79.9. The maximum Gasteiger partial charge on any atom is 0.137 e. The summed E-state index contributed by atoms with van der Waals surface area (Å²) in [5.41, 5.74) is 6.46. The Labute approximate surface area is 106 Å². The van der Waals surface area contributed by atoms with Gasteiger partial charge in [-0.15, -0.1) is 0 Å². The number of hydrogen-bond donors (Lipinski definition) is 1. The maximum absolute atomic E-state index is 13.0. The third-order valence-corrected chi connectivity index (χ3v) is 4.07. The second-order valence-corrected chi connectivity index (χ2v) is 6.23. The van der Waals surface area contributed by atoms with Crippen LogP contribution in [0.15, 0.2) is 22.7 Å². The molecule has 0 saturated heterocycles. The largest absolute Gasteiger partial charge is 0.328 e. The molecule has 0 aliphatic heterocycles. The Balaban J connectivity index is 2.53. The van der Waals surface area contributed by atoms with E-state index in [2.05, 4.69) is 15.9 Å². The van der Waals surface area contributed by atoms with Gasteiger partial charge >= 0.3 is 0 Å². The molecule has 0 aliphatic rings. The van der Waals surface area contributed by atoms with Crippen LogP contribution in [0.5, 0.6) is 0 Å². The molecule has 90 valence electrons. The van der Waals surface area contributed by atoms with Gasteiger partial charge < -0.3 is 5.73 Å². The first kappa shape index (κ1) is 13.8. The van der Waals surface area contributed by atoms with Gasteiger partial charge in [-0.3, -0.25) is 4.21 Å². The van der Waals surface area contributed by atoms with Crippen LogP contribution in [0.25, 0.3) is 0 Å². The van der Waals surface area contributed by atoms with Crippen molar-refractivity contribution >= 4 is 26.7 Å². The van der Waals surface area contributed by atoms with Crippen LogP contribution in [0.3, 0.4) is 0 Å². The number of nitrogens with two attached hydrogens (primary N) is 1. The molecule has 2 unspecified atom stereocenters. The van der Waals surface area contributed by atoms with Crippen molar-refractivity contribution in [1.82, 2.24) is 0 Å². The van der Waals surface area contributed by atoms with Gasteiger partial charge in [-0.1, -0.05) is 6.07 Å². The van der Waals surface area contributed by atoms with Crippen molar-refractivity contribution in [3.8, 4) is 0 Å². The fraction of sp³-hybridized carbons (Fsp3) is 0.455. The molecule has 2 N–H and O–H groups in total. The first-order chi connectivity index (χ1) is 7.49. The summed E-state index contributed by atoms with van der Waals surface area (Å²) in [7, 11) is -0.930. The van der Waals surface area contributed by atoms with Crippen molar-refractivity contribution in [1.29, 1.82) is 0 Å². The molecule has 2 atom stereocenters. The summed E-state index contributed by atoms with van der Waals surface area (Å²) in [5.74, 6) is 0.739. The first-order valence-electron chi connectivity index (χ1n) is 5.03. The molecular weight excluding hydrogens is 293 g/mol. The topological polar surface area (TPSA) is 43.1 Å². The zero-order valence-corrected chi connectivity index (χ0v) is 11.5. The minimum absolute atomic E-state index is 0.0731. The highest BCUT2D eigenvalue weighted by Gasteiger charge is 2.06. The lowest BCUT2D eigenvalue weighted by molar-refractivity contribution is 0.620. The fourth-order valence-corrected chi connectivity index (χ4v) is 2.96. The summed E-state index contributed by atoms with van der Waals surface area (Å²) < 4.78 is 25.0. The number of halogens is 2. The molecule has 5 heteroatoms. The van der Waals surface area contributed by atoms with Gasteiger partial charge in [0, 0.05) is 28.3 Å². The standard InChI is InChI=1S/C11H15BrFNOS/c1-8(14)4-5-16(15)7-9-2-3-11(13)10(12)6-9/h2-3,6,8H,4-5,7,14H2,1H3. The number of hydrogen-bond acceptors (Lipinski definition) is 2. The van der Waals surface area contributed by atoms with Crippen molar-refractivity contribution in [2.75, 3.05) is 5.75 Å². The molecule has 1 aromatic rings. The van der Waals surface area contributed by atoms with Crippen LogP contribution in [0, 0.1) is 5.82 Å². The van der Waals surface area contributed by atoms with E-state index in [-0.39, 0.29) is 11.9 Å². The predicted octanol–water partition coefficient (Wildman–Crippen LogP) is 2.57. The minimum Gasteiger partial charge on any atom is -0.328 e. The highest BCUT2D eigenvalue weighted by Crippen LogP contribution is 2.17. The van der Waals surface area contributed by atoms with Gasteiger partial charge in [-0.25, -0.2) is 4.39 Å². The molecule has 1 aromatic carbocycles. The van der Waals surface area contributed by atoms with Crippen LogP contribution in [-0.4, -0.2) is 16.0 Å².